The molecule has 0 spiro atoms. The smallest absolute Gasteiger partial charge is 0.251 e. The summed E-state index contributed by atoms with van der Waals surface area (Å²) < 4.78 is 27.9. The lowest BCUT2D eigenvalue weighted by Crippen LogP contribution is -2.40. The second-order valence-corrected chi connectivity index (χ2v) is 8.99. The Balaban J connectivity index is 1.79. The molecule has 1 aromatic heterocycles. The molecule has 0 unspecified atom stereocenters. The monoisotopic (exact) mass is 400 g/mol. The molecule has 0 aliphatic rings. The van der Waals surface area contributed by atoms with E-state index in [1.165, 1.54) is 6.07 Å². The van der Waals surface area contributed by atoms with E-state index in [0.29, 0.717) is 12.1 Å². The van der Waals surface area contributed by atoms with Crippen LogP contribution in [0.1, 0.15) is 22.7 Å². The molecule has 3 aromatic rings. The predicted molar refractivity (Wildman–Crippen MR) is 107 cm³/mol. The molecule has 0 saturated heterocycles. The van der Waals surface area contributed by atoms with Gasteiger partial charge in [-0.2, -0.15) is 4.72 Å². The molecular weight excluding hydrogens is 380 g/mol. The zero-order valence-corrected chi connectivity index (χ0v) is 16.4. The average molecular weight is 401 g/mol. The van der Waals surface area contributed by atoms with Crippen molar-refractivity contribution in [3.05, 3.63) is 88.8 Å². The van der Waals surface area contributed by atoms with Gasteiger partial charge in [0.05, 0.1) is 0 Å². The van der Waals surface area contributed by atoms with Gasteiger partial charge >= 0.3 is 0 Å². The maximum Gasteiger partial charge on any atom is 0.251 e. The third-order valence-electron chi connectivity index (χ3n) is 4.02. The summed E-state index contributed by atoms with van der Waals surface area (Å²) >= 11 is 1.11. The van der Waals surface area contributed by atoms with E-state index in [1.807, 2.05) is 37.3 Å². The molecule has 1 atom stereocenters. The molecule has 0 bridgehead atoms. The summed E-state index contributed by atoms with van der Waals surface area (Å²) in [6.07, 6.45) is 0. The van der Waals surface area contributed by atoms with E-state index < -0.39 is 22.0 Å². The first-order valence-corrected chi connectivity index (χ1v) is 10.8. The number of aryl methyl sites for hydroxylation is 1. The average Bonchev–Trinajstić information content (AvgIpc) is 3.22. The summed E-state index contributed by atoms with van der Waals surface area (Å²) in [7, 11) is -3.79. The topological polar surface area (TPSA) is 75.3 Å². The second-order valence-electron chi connectivity index (χ2n) is 6.10. The number of thiophene rings is 1. The van der Waals surface area contributed by atoms with Crippen LogP contribution in [0.15, 0.2) is 76.3 Å². The maximum atomic E-state index is 12.8. The summed E-state index contributed by atoms with van der Waals surface area (Å²) in [6.45, 7) is 2.32. The van der Waals surface area contributed by atoms with Crippen molar-refractivity contribution in [2.45, 2.75) is 23.7 Å². The fourth-order valence-electron chi connectivity index (χ4n) is 2.55. The highest BCUT2D eigenvalue weighted by molar-refractivity contribution is 7.91. The van der Waals surface area contributed by atoms with Gasteiger partial charge in [-0.3, -0.25) is 4.79 Å². The largest absolute Gasteiger partial charge is 0.350 e. The molecule has 27 heavy (non-hydrogen) atoms. The van der Waals surface area contributed by atoms with Crippen molar-refractivity contribution in [1.29, 1.82) is 0 Å². The number of sulfonamides is 1. The van der Waals surface area contributed by atoms with Crippen LogP contribution < -0.4 is 10.0 Å². The first-order chi connectivity index (χ1) is 13.0. The number of carbonyl (C=O) groups excluding carboxylic acids is 1. The Bertz CT molecular complexity index is 983. The molecule has 3 rings (SSSR count). The lowest BCUT2D eigenvalue weighted by atomic mass is 10.1. The van der Waals surface area contributed by atoms with Crippen LogP contribution in [0.3, 0.4) is 0 Å². The van der Waals surface area contributed by atoms with E-state index in [4.69, 9.17) is 0 Å². The fraction of sp³-hybridized carbons (Fsp3) is 0.150. The van der Waals surface area contributed by atoms with Crippen molar-refractivity contribution in [3.63, 3.8) is 0 Å². The molecule has 0 aliphatic heterocycles. The van der Waals surface area contributed by atoms with Gasteiger partial charge in [-0.25, -0.2) is 8.42 Å². The molecule has 0 aliphatic carbocycles. The summed E-state index contributed by atoms with van der Waals surface area (Å²) in [6, 6.07) is 18.8. The highest BCUT2D eigenvalue weighted by Crippen LogP contribution is 2.21. The molecule has 0 saturated carbocycles. The predicted octanol–water partition coefficient (Wildman–Crippen LogP) is 3.39. The molecule has 5 nitrogen and oxygen atoms in total. The summed E-state index contributed by atoms with van der Waals surface area (Å²) in [4.78, 5) is 12.8. The van der Waals surface area contributed by atoms with Crippen LogP contribution >= 0.6 is 11.3 Å². The van der Waals surface area contributed by atoms with Gasteiger partial charge in [0.15, 0.2) is 0 Å². The lowest BCUT2D eigenvalue weighted by Gasteiger charge is -2.18. The van der Waals surface area contributed by atoms with Crippen molar-refractivity contribution >= 4 is 27.3 Å². The van der Waals surface area contributed by atoms with E-state index >= 15 is 0 Å². The molecule has 1 heterocycles. The van der Waals surface area contributed by atoms with Gasteiger partial charge in [0, 0.05) is 6.54 Å². The number of amides is 1. The number of hydrogen-bond acceptors (Lipinski definition) is 4. The van der Waals surface area contributed by atoms with Crippen LogP contribution in [0.25, 0.3) is 0 Å². The van der Waals surface area contributed by atoms with E-state index in [2.05, 4.69) is 10.0 Å². The van der Waals surface area contributed by atoms with Crippen LogP contribution in [0.4, 0.5) is 0 Å². The molecule has 2 aromatic carbocycles. The van der Waals surface area contributed by atoms with Crippen molar-refractivity contribution in [2.24, 2.45) is 0 Å². The minimum Gasteiger partial charge on any atom is -0.350 e. The molecule has 0 radical (unpaired) electrons. The number of hydrogen-bond donors (Lipinski definition) is 2. The Labute approximate surface area is 163 Å². The number of rotatable bonds is 7. The number of benzene rings is 2. The molecule has 1 amide bonds. The third kappa shape index (κ3) is 5.03. The second kappa shape index (κ2) is 8.47. The van der Waals surface area contributed by atoms with Crippen molar-refractivity contribution in [1.82, 2.24) is 10.0 Å². The standard InChI is InChI=1S/C20H20N2O3S2/c1-15-9-11-16(12-10-15)14-21-20(23)19(17-6-3-2-4-7-17)22-27(24,25)18-8-5-13-26-18/h2-13,19,22H,14H2,1H3,(H,21,23)/t19-/m1/s1. The fourth-order valence-corrected chi connectivity index (χ4v) is 4.74. The lowest BCUT2D eigenvalue weighted by molar-refractivity contribution is -0.123. The SMILES string of the molecule is Cc1ccc(CNC(=O)[C@H](NS(=O)(=O)c2cccs2)c2ccccc2)cc1. The Kier molecular flexibility index (Phi) is 6.05. The summed E-state index contributed by atoms with van der Waals surface area (Å²) in [5.41, 5.74) is 2.66. The van der Waals surface area contributed by atoms with Crippen LogP contribution in [0.2, 0.25) is 0 Å². The van der Waals surface area contributed by atoms with E-state index in [9.17, 15) is 13.2 Å². The van der Waals surface area contributed by atoms with Gasteiger partial charge < -0.3 is 5.32 Å². The van der Waals surface area contributed by atoms with E-state index in [1.54, 1.807) is 35.7 Å². The minimum absolute atomic E-state index is 0.176. The van der Waals surface area contributed by atoms with Crippen LogP contribution in [-0.4, -0.2) is 14.3 Å². The highest BCUT2D eigenvalue weighted by Gasteiger charge is 2.27. The highest BCUT2D eigenvalue weighted by atomic mass is 32.2. The van der Waals surface area contributed by atoms with Crippen molar-refractivity contribution in [2.75, 3.05) is 0 Å². The van der Waals surface area contributed by atoms with Crippen molar-refractivity contribution in [3.8, 4) is 0 Å². The van der Waals surface area contributed by atoms with E-state index in [-0.39, 0.29) is 4.21 Å². The van der Waals surface area contributed by atoms with Crippen LogP contribution in [-0.2, 0) is 21.4 Å². The Morgan fingerprint density at radius 1 is 1.00 bits per heavy atom. The Hall–Kier alpha value is -2.48. The zero-order valence-electron chi connectivity index (χ0n) is 14.8. The first kappa shape index (κ1) is 19.3. The Morgan fingerprint density at radius 3 is 2.33 bits per heavy atom. The summed E-state index contributed by atoms with van der Waals surface area (Å²) in [5, 5.41) is 4.51. The van der Waals surface area contributed by atoms with Gasteiger partial charge in [0.1, 0.15) is 10.3 Å². The number of nitrogens with one attached hydrogen (secondary N) is 2. The summed E-state index contributed by atoms with van der Waals surface area (Å²) in [5.74, 6) is -0.401. The molecule has 7 heteroatoms. The van der Waals surface area contributed by atoms with Gasteiger partial charge in [0.2, 0.25) is 5.91 Å². The Morgan fingerprint density at radius 2 is 1.70 bits per heavy atom. The molecule has 0 fully saturated rings. The number of carbonyl (C=O) groups is 1. The molecule has 140 valence electrons. The van der Waals surface area contributed by atoms with Gasteiger partial charge in [0.25, 0.3) is 10.0 Å². The zero-order chi connectivity index (χ0) is 19.3. The quantitative estimate of drug-likeness (QED) is 0.638. The normalized spacial score (nSPS) is 12.5. The van der Waals surface area contributed by atoms with Crippen molar-refractivity contribution < 1.29 is 13.2 Å². The van der Waals surface area contributed by atoms with Gasteiger partial charge in [-0.1, -0.05) is 66.2 Å². The maximum absolute atomic E-state index is 12.8. The van der Waals surface area contributed by atoms with Crippen LogP contribution in [0.5, 0.6) is 0 Å². The van der Waals surface area contributed by atoms with Crippen LogP contribution in [0, 0.1) is 6.92 Å². The third-order valence-corrected chi connectivity index (χ3v) is 6.84. The minimum atomic E-state index is -3.79. The molecule has 2 N–H and O–H groups in total. The first-order valence-electron chi connectivity index (χ1n) is 8.40. The van der Waals surface area contributed by atoms with Gasteiger partial charge in [-0.05, 0) is 29.5 Å². The van der Waals surface area contributed by atoms with Gasteiger partial charge in [-0.15, -0.1) is 11.3 Å². The molecular formula is C20H20N2O3S2. The van der Waals surface area contributed by atoms with E-state index in [0.717, 1.165) is 22.5 Å².